The number of hydrogen-bond acceptors (Lipinski definition) is 4. The molecular formula is C52H38N4. The van der Waals surface area contributed by atoms with Crippen molar-refractivity contribution in [2.75, 3.05) is 12.0 Å². The molecule has 1 aromatic heterocycles. The number of aryl methyl sites for hydroxylation is 1. The van der Waals surface area contributed by atoms with Gasteiger partial charge in [-0.1, -0.05) is 140 Å². The molecular weight excluding hydrogens is 681 g/mol. The Morgan fingerprint density at radius 2 is 1.23 bits per heavy atom. The number of benzene rings is 7. The van der Waals surface area contributed by atoms with Gasteiger partial charge in [0.1, 0.15) is 6.67 Å². The summed E-state index contributed by atoms with van der Waals surface area (Å²) in [6.07, 6.45) is 14.3. The average Bonchev–Trinajstić information content (AvgIpc) is 3.26. The Hall–Kier alpha value is -7.17. The molecule has 0 fully saturated rings. The van der Waals surface area contributed by atoms with Gasteiger partial charge in [0.25, 0.3) is 0 Å². The average molecular weight is 719 g/mol. The predicted octanol–water partition coefficient (Wildman–Crippen LogP) is 13.0. The van der Waals surface area contributed by atoms with Crippen LogP contribution in [0.2, 0.25) is 0 Å². The highest BCUT2D eigenvalue weighted by atomic mass is 15.0. The molecule has 56 heavy (non-hydrogen) atoms. The molecule has 2 N–H and O–H groups in total. The van der Waals surface area contributed by atoms with E-state index in [2.05, 4.69) is 163 Å². The predicted molar refractivity (Wildman–Crippen MR) is 238 cm³/mol. The molecule has 2 aliphatic rings. The first-order valence-electron chi connectivity index (χ1n) is 19.2. The van der Waals surface area contributed by atoms with E-state index in [1.54, 1.807) is 0 Å². The number of anilines is 1. The smallest absolute Gasteiger partial charge is 0.108 e. The molecule has 0 saturated carbocycles. The van der Waals surface area contributed by atoms with Crippen molar-refractivity contribution in [2.24, 2.45) is 4.99 Å². The third kappa shape index (κ3) is 6.02. The van der Waals surface area contributed by atoms with E-state index in [4.69, 9.17) is 15.4 Å². The topological polar surface area (TPSA) is 61.1 Å². The Kier molecular flexibility index (Phi) is 8.49. The molecule has 2 aliphatic carbocycles. The summed E-state index contributed by atoms with van der Waals surface area (Å²) < 4.78 is 0. The maximum absolute atomic E-state index is 8.79. The van der Waals surface area contributed by atoms with Crippen molar-refractivity contribution < 1.29 is 0 Å². The lowest BCUT2D eigenvalue weighted by molar-refractivity contribution is 0.965. The Morgan fingerprint density at radius 3 is 1.98 bits per heavy atom. The van der Waals surface area contributed by atoms with Gasteiger partial charge < -0.3 is 5.32 Å². The van der Waals surface area contributed by atoms with Crippen molar-refractivity contribution in [1.82, 2.24) is 4.98 Å². The lowest BCUT2D eigenvalue weighted by atomic mass is 9.84. The first-order valence-corrected chi connectivity index (χ1v) is 19.2. The van der Waals surface area contributed by atoms with Crippen molar-refractivity contribution in [3.63, 3.8) is 0 Å². The van der Waals surface area contributed by atoms with Crippen LogP contribution in [0.5, 0.6) is 0 Å². The number of allylic oxidation sites excluding steroid dienone is 5. The van der Waals surface area contributed by atoms with Gasteiger partial charge in [0.2, 0.25) is 0 Å². The van der Waals surface area contributed by atoms with E-state index in [-0.39, 0.29) is 0 Å². The van der Waals surface area contributed by atoms with Crippen LogP contribution in [0, 0.1) is 5.41 Å². The van der Waals surface area contributed by atoms with Crippen LogP contribution >= 0.6 is 0 Å². The number of fused-ring (bicyclic) bond motifs is 4. The number of aliphatic imine (C=N–C) groups is 1. The fourth-order valence-corrected chi connectivity index (χ4v) is 8.40. The summed E-state index contributed by atoms with van der Waals surface area (Å²) >= 11 is 0. The van der Waals surface area contributed by atoms with Gasteiger partial charge in [-0.3, -0.25) is 15.4 Å². The highest BCUT2D eigenvalue weighted by Gasteiger charge is 2.19. The van der Waals surface area contributed by atoms with Crippen LogP contribution in [0.4, 0.5) is 5.69 Å². The van der Waals surface area contributed by atoms with Crippen molar-refractivity contribution in [2.45, 2.75) is 12.8 Å². The molecule has 266 valence electrons. The van der Waals surface area contributed by atoms with E-state index >= 15 is 0 Å². The van der Waals surface area contributed by atoms with Crippen molar-refractivity contribution in [1.29, 1.82) is 5.41 Å². The Bertz CT molecular complexity index is 2970. The van der Waals surface area contributed by atoms with E-state index in [0.29, 0.717) is 18.1 Å². The van der Waals surface area contributed by atoms with Crippen LogP contribution in [0.15, 0.2) is 181 Å². The van der Waals surface area contributed by atoms with E-state index in [1.165, 1.54) is 60.3 Å². The zero-order valence-corrected chi connectivity index (χ0v) is 30.8. The molecule has 0 bridgehead atoms. The van der Waals surface area contributed by atoms with Gasteiger partial charge >= 0.3 is 0 Å². The molecule has 0 aliphatic heterocycles. The van der Waals surface area contributed by atoms with Gasteiger partial charge in [0, 0.05) is 22.8 Å². The molecule has 0 spiro atoms. The minimum Gasteiger partial charge on any atom is -0.366 e. The second-order valence-electron chi connectivity index (χ2n) is 14.4. The largest absolute Gasteiger partial charge is 0.366 e. The molecule has 8 aromatic rings. The van der Waals surface area contributed by atoms with Crippen LogP contribution in [0.3, 0.4) is 0 Å². The van der Waals surface area contributed by atoms with Gasteiger partial charge in [-0.05, 0) is 121 Å². The lowest BCUT2D eigenvalue weighted by Crippen LogP contribution is -2.14. The summed E-state index contributed by atoms with van der Waals surface area (Å²) in [7, 11) is 0. The van der Waals surface area contributed by atoms with E-state index < -0.39 is 0 Å². The third-order valence-electron chi connectivity index (χ3n) is 11.1. The highest BCUT2D eigenvalue weighted by molar-refractivity contribution is 6.51. The zero-order chi connectivity index (χ0) is 37.4. The van der Waals surface area contributed by atoms with Crippen molar-refractivity contribution >= 4 is 61.1 Å². The minimum atomic E-state index is 0.341. The van der Waals surface area contributed by atoms with Crippen LogP contribution in [0.25, 0.3) is 77.3 Å². The van der Waals surface area contributed by atoms with Crippen molar-refractivity contribution in [3.05, 3.63) is 193 Å². The SMILES string of the molecule is N=C1C=CC(c2ccc3c(-c4ccccc4)c4ccccc4c(-c4ccccc4)c3c2)=C/C1=N/CNc1ccc(-c2cnc3c(c2)CCC=C3)c2ccccc12. The Labute approximate surface area is 326 Å². The van der Waals surface area contributed by atoms with Crippen LogP contribution in [-0.4, -0.2) is 23.1 Å². The van der Waals surface area contributed by atoms with Crippen LogP contribution in [-0.2, 0) is 6.42 Å². The summed E-state index contributed by atoms with van der Waals surface area (Å²) in [4.78, 5) is 9.70. The van der Waals surface area contributed by atoms with E-state index in [0.717, 1.165) is 46.3 Å². The van der Waals surface area contributed by atoms with Crippen LogP contribution in [0.1, 0.15) is 23.2 Å². The molecule has 0 radical (unpaired) electrons. The normalized spacial score (nSPS) is 14.4. The summed E-state index contributed by atoms with van der Waals surface area (Å²) in [6, 6.07) is 52.1. The van der Waals surface area contributed by atoms with Gasteiger partial charge in [-0.15, -0.1) is 0 Å². The first-order chi connectivity index (χ1) is 27.7. The monoisotopic (exact) mass is 718 g/mol. The second kappa shape index (κ2) is 14.2. The quantitative estimate of drug-likeness (QED) is 0.127. The van der Waals surface area contributed by atoms with E-state index in [1.807, 2.05) is 24.4 Å². The summed E-state index contributed by atoms with van der Waals surface area (Å²) in [5, 5.41) is 19.5. The van der Waals surface area contributed by atoms with Crippen molar-refractivity contribution in [3.8, 4) is 33.4 Å². The van der Waals surface area contributed by atoms with E-state index in [9.17, 15) is 0 Å². The molecule has 0 unspecified atom stereocenters. The zero-order valence-electron chi connectivity index (χ0n) is 30.8. The van der Waals surface area contributed by atoms with Gasteiger partial charge in [-0.2, -0.15) is 0 Å². The first kappa shape index (κ1) is 33.4. The number of aromatic nitrogens is 1. The highest BCUT2D eigenvalue weighted by Crippen LogP contribution is 2.44. The molecule has 4 nitrogen and oxygen atoms in total. The minimum absolute atomic E-state index is 0.341. The lowest BCUT2D eigenvalue weighted by Gasteiger charge is -2.19. The molecule has 0 saturated heterocycles. The number of nitrogens with one attached hydrogen (secondary N) is 2. The summed E-state index contributed by atoms with van der Waals surface area (Å²) in [5.74, 6) is 0. The maximum Gasteiger partial charge on any atom is 0.108 e. The second-order valence-corrected chi connectivity index (χ2v) is 14.4. The Morgan fingerprint density at radius 1 is 0.571 bits per heavy atom. The van der Waals surface area contributed by atoms with Crippen LogP contribution < -0.4 is 5.32 Å². The Balaban J connectivity index is 1.01. The van der Waals surface area contributed by atoms with Gasteiger partial charge in [0.15, 0.2) is 0 Å². The van der Waals surface area contributed by atoms with Gasteiger partial charge in [0.05, 0.1) is 17.1 Å². The van der Waals surface area contributed by atoms with Gasteiger partial charge in [-0.25, -0.2) is 0 Å². The fourth-order valence-electron chi connectivity index (χ4n) is 8.40. The third-order valence-corrected chi connectivity index (χ3v) is 11.1. The standard InChI is InChI=1S/C52H38N4/c53-47-27-24-37(31-50(47)56-33-55-49-28-26-40(41-18-8-9-19-42(41)49)39-29-38-17-7-12-22-48(38)54-32-39)36-23-25-45-46(30-36)52(35-15-5-2-6-16-35)44-21-11-10-20-43(44)51(45)34-13-3-1-4-14-34/h1-6,8-16,18-32,53,55H,7,17,33H2/b53-47?,56-50-. The molecule has 10 rings (SSSR count). The molecule has 1 heterocycles. The number of hydrogen-bond donors (Lipinski definition) is 2. The summed E-state index contributed by atoms with van der Waals surface area (Å²) in [5.41, 5.74) is 13.7. The molecule has 7 aromatic carbocycles. The fraction of sp³-hybridized carbons (Fsp3) is 0.0577. The molecule has 0 atom stereocenters. The maximum atomic E-state index is 8.79. The number of rotatable bonds is 7. The molecule has 4 heteroatoms. The molecule has 0 amide bonds. The number of pyridine rings is 1. The number of nitrogens with zero attached hydrogens (tertiary/aromatic N) is 2. The summed E-state index contributed by atoms with van der Waals surface area (Å²) in [6.45, 7) is 0.341.